The highest BCUT2D eigenvalue weighted by Gasteiger charge is 2.20. The minimum Gasteiger partial charge on any atom is -0.338 e. The van der Waals surface area contributed by atoms with Gasteiger partial charge in [-0.3, -0.25) is 4.21 Å². The standard InChI is InChI=1S/C10H11ClN2O2S2/c1-6(10-12-7(2)13-15-10)17(14)5-8-3-4-9(11)16-8/h3-4,6H,5H2,1-2H3/t6-,17-/m0/s1. The van der Waals surface area contributed by atoms with Crippen LogP contribution in [0.3, 0.4) is 0 Å². The van der Waals surface area contributed by atoms with E-state index in [1.54, 1.807) is 13.0 Å². The van der Waals surface area contributed by atoms with E-state index >= 15 is 0 Å². The van der Waals surface area contributed by atoms with Crippen molar-refractivity contribution in [2.75, 3.05) is 0 Å². The Morgan fingerprint density at radius 3 is 2.88 bits per heavy atom. The van der Waals surface area contributed by atoms with E-state index in [1.807, 2.05) is 13.0 Å². The number of halogens is 1. The molecule has 0 unspecified atom stereocenters. The third-order valence-corrected chi connectivity index (χ3v) is 5.20. The first kappa shape index (κ1) is 12.7. The van der Waals surface area contributed by atoms with E-state index in [9.17, 15) is 4.21 Å². The molecule has 0 spiro atoms. The van der Waals surface area contributed by atoms with Gasteiger partial charge in [0.2, 0.25) is 5.89 Å². The van der Waals surface area contributed by atoms with Gasteiger partial charge in [-0.2, -0.15) is 4.98 Å². The summed E-state index contributed by atoms with van der Waals surface area (Å²) in [7, 11) is -1.08. The quantitative estimate of drug-likeness (QED) is 0.868. The molecule has 0 aliphatic rings. The Hall–Kier alpha value is -0.720. The molecule has 2 aromatic rings. The van der Waals surface area contributed by atoms with Crippen molar-refractivity contribution in [1.29, 1.82) is 0 Å². The van der Waals surface area contributed by atoms with Crippen molar-refractivity contribution in [3.8, 4) is 0 Å². The molecule has 2 atom stereocenters. The molecule has 0 radical (unpaired) electrons. The van der Waals surface area contributed by atoms with Crippen LogP contribution in [-0.2, 0) is 16.6 Å². The number of nitrogens with zero attached hydrogens (tertiary/aromatic N) is 2. The molecule has 0 N–H and O–H groups in total. The Morgan fingerprint density at radius 1 is 1.59 bits per heavy atom. The third kappa shape index (κ3) is 3.14. The highest BCUT2D eigenvalue weighted by molar-refractivity contribution is 7.84. The maximum absolute atomic E-state index is 12.1. The van der Waals surface area contributed by atoms with Crippen LogP contribution in [0.2, 0.25) is 4.34 Å². The van der Waals surface area contributed by atoms with Gasteiger partial charge in [-0.1, -0.05) is 16.8 Å². The van der Waals surface area contributed by atoms with Gasteiger partial charge in [0.15, 0.2) is 5.82 Å². The highest BCUT2D eigenvalue weighted by Crippen LogP contribution is 2.26. The lowest BCUT2D eigenvalue weighted by atomic mass is 10.5. The molecule has 0 amide bonds. The fourth-order valence-electron chi connectivity index (χ4n) is 1.29. The van der Waals surface area contributed by atoms with E-state index in [-0.39, 0.29) is 5.25 Å². The fourth-order valence-corrected chi connectivity index (χ4v) is 3.70. The molecule has 0 saturated heterocycles. The predicted octanol–water partition coefficient (Wildman–Crippen LogP) is 3.10. The van der Waals surface area contributed by atoms with Crippen LogP contribution in [0, 0.1) is 6.92 Å². The topological polar surface area (TPSA) is 56.0 Å². The lowest BCUT2D eigenvalue weighted by Crippen LogP contribution is -2.05. The minimum atomic E-state index is -1.08. The second kappa shape index (κ2) is 5.29. The molecular weight excluding hydrogens is 280 g/mol. The maximum Gasteiger partial charge on any atom is 0.242 e. The molecule has 92 valence electrons. The van der Waals surface area contributed by atoms with Gasteiger partial charge in [0.05, 0.1) is 10.1 Å². The van der Waals surface area contributed by atoms with Gasteiger partial charge in [0.25, 0.3) is 0 Å². The van der Waals surface area contributed by atoms with Gasteiger partial charge in [-0.05, 0) is 26.0 Å². The summed E-state index contributed by atoms with van der Waals surface area (Å²) >= 11 is 7.26. The second-order valence-corrected chi connectivity index (χ2v) is 7.11. The van der Waals surface area contributed by atoms with Gasteiger partial charge >= 0.3 is 0 Å². The Balaban J connectivity index is 2.05. The number of aryl methyl sites for hydroxylation is 1. The molecule has 4 nitrogen and oxygen atoms in total. The van der Waals surface area contributed by atoms with Crippen LogP contribution in [0.1, 0.15) is 28.8 Å². The monoisotopic (exact) mass is 290 g/mol. The van der Waals surface area contributed by atoms with E-state index < -0.39 is 10.8 Å². The van der Waals surface area contributed by atoms with Crippen molar-refractivity contribution >= 4 is 33.7 Å². The Morgan fingerprint density at radius 2 is 2.35 bits per heavy atom. The molecular formula is C10H11ClN2O2S2. The molecule has 2 aromatic heterocycles. The predicted molar refractivity (Wildman–Crippen MR) is 68.6 cm³/mol. The highest BCUT2D eigenvalue weighted by atomic mass is 35.5. The molecule has 0 aliphatic carbocycles. The van der Waals surface area contributed by atoms with E-state index in [1.165, 1.54) is 11.3 Å². The van der Waals surface area contributed by atoms with Crippen molar-refractivity contribution in [3.63, 3.8) is 0 Å². The number of aromatic nitrogens is 2. The van der Waals surface area contributed by atoms with Crippen LogP contribution in [0.25, 0.3) is 0 Å². The van der Waals surface area contributed by atoms with Crippen molar-refractivity contribution in [3.05, 3.63) is 33.1 Å². The maximum atomic E-state index is 12.1. The number of hydrogen-bond acceptors (Lipinski definition) is 5. The van der Waals surface area contributed by atoms with Crippen LogP contribution >= 0.6 is 22.9 Å². The zero-order valence-electron chi connectivity index (χ0n) is 9.34. The molecule has 0 bridgehead atoms. The van der Waals surface area contributed by atoms with Gasteiger partial charge in [0, 0.05) is 15.7 Å². The van der Waals surface area contributed by atoms with Crippen LogP contribution < -0.4 is 0 Å². The first-order valence-electron chi connectivity index (χ1n) is 4.98. The number of thiophene rings is 1. The molecule has 7 heteroatoms. The molecule has 0 saturated carbocycles. The smallest absolute Gasteiger partial charge is 0.242 e. The molecule has 0 aliphatic heterocycles. The lowest BCUT2D eigenvalue weighted by molar-refractivity contribution is 0.375. The van der Waals surface area contributed by atoms with Crippen molar-refractivity contribution in [2.24, 2.45) is 0 Å². The first-order chi connectivity index (χ1) is 8.06. The van der Waals surface area contributed by atoms with E-state index in [2.05, 4.69) is 10.1 Å². The van der Waals surface area contributed by atoms with Crippen LogP contribution in [0.15, 0.2) is 16.7 Å². The summed E-state index contributed by atoms with van der Waals surface area (Å²) in [5, 5.41) is 3.43. The summed E-state index contributed by atoms with van der Waals surface area (Å²) in [4.78, 5) is 5.08. The zero-order valence-corrected chi connectivity index (χ0v) is 11.7. The Bertz CT molecular complexity index is 538. The van der Waals surface area contributed by atoms with E-state index in [0.717, 1.165) is 4.88 Å². The molecule has 2 heterocycles. The van der Waals surface area contributed by atoms with Crippen molar-refractivity contribution < 1.29 is 8.73 Å². The molecule has 17 heavy (non-hydrogen) atoms. The average molecular weight is 291 g/mol. The average Bonchev–Trinajstić information content (AvgIpc) is 2.87. The largest absolute Gasteiger partial charge is 0.338 e. The van der Waals surface area contributed by atoms with E-state index in [4.69, 9.17) is 16.1 Å². The lowest BCUT2D eigenvalue weighted by Gasteiger charge is -2.05. The van der Waals surface area contributed by atoms with Crippen molar-refractivity contribution in [2.45, 2.75) is 24.9 Å². The summed E-state index contributed by atoms with van der Waals surface area (Å²) in [6.45, 7) is 3.56. The Kier molecular flexibility index (Phi) is 3.96. The normalized spacial score (nSPS) is 14.8. The zero-order chi connectivity index (χ0) is 12.4. The first-order valence-corrected chi connectivity index (χ1v) is 7.55. The molecule has 0 fully saturated rings. The second-order valence-electron chi connectivity index (χ2n) is 3.55. The third-order valence-electron chi connectivity index (χ3n) is 2.20. The van der Waals surface area contributed by atoms with Crippen LogP contribution in [0.4, 0.5) is 0 Å². The number of rotatable bonds is 4. The van der Waals surface area contributed by atoms with Gasteiger partial charge in [-0.25, -0.2) is 0 Å². The summed E-state index contributed by atoms with van der Waals surface area (Å²) in [6.07, 6.45) is 0. The molecule has 0 aromatic carbocycles. The fraction of sp³-hybridized carbons (Fsp3) is 0.400. The van der Waals surface area contributed by atoms with E-state index in [0.29, 0.717) is 21.8 Å². The van der Waals surface area contributed by atoms with Gasteiger partial charge in [-0.15, -0.1) is 11.3 Å². The summed E-state index contributed by atoms with van der Waals surface area (Å²) in [6, 6.07) is 3.69. The molecule has 2 rings (SSSR count). The van der Waals surface area contributed by atoms with Crippen LogP contribution in [0.5, 0.6) is 0 Å². The summed E-state index contributed by atoms with van der Waals surface area (Å²) in [5.74, 6) is 1.44. The summed E-state index contributed by atoms with van der Waals surface area (Å²) in [5.41, 5.74) is 0. The van der Waals surface area contributed by atoms with Gasteiger partial charge < -0.3 is 4.52 Å². The summed E-state index contributed by atoms with van der Waals surface area (Å²) < 4.78 is 17.8. The van der Waals surface area contributed by atoms with Gasteiger partial charge in [0.1, 0.15) is 5.25 Å². The number of hydrogen-bond donors (Lipinski definition) is 0. The van der Waals surface area contributed by atoms with Crippen LogP contribution in [-0.4, -0.2) is 14.3 Å². The Labute approximate surface area is 110 Å². The van der Waals surface area contributed by atoms with Crippen molar-refractivity contribution in [1.82, 2.24) is 10.1 Å². The minimum absolute atomic E-state index is 0.267. The SMILES string of the molecule is Cc1noc([C@H](C)[S@@](=O)Cc2ccc(Cl)s2)n1.